The van der Waals surface area contributed by atoms with Crippen LogP contribution in [0.5, 0.6) is 0 Å². The minimum Gasteiger partial charge on any atom is -0.444 e. The van der Waals surface area contributed by atoms with E-state index in [0.29, 0.717) is 25.9 Å². The van der Waals surface area contributed by atoms with Crippen LogP contribution in [-0.4, -0.2) is 89.1 Å². The number of ether oxygens (including phenoxy) is 1. The molecule has 0 unspecified atom stereocenters. The van der Waals surface area contributed by atoms with Crippen molar-refractivity contribution in [3.8, 4) is 0 Å². The van der Waals surface area contributed by atoms with Crippen molar-refractivity contribution in [3.05, 3.63) is 47.5 Å². The largest absolute Gasteiger partial charge is 0.444 e. The van der Waals surface area contributed by atoms with E-state index in [9.17, 15) is 32.4 Å². The molecule has 1 aromatic rings. The second-order valence-electron chi connectivity index (χ2n) is 16.9. The van der Waals surface area contributed by atoms with Crippen molar-refractivity contribution in [2.45, 2.75) is 145 Å². The number of carbonyl (C=O) groups excluding carboxylic acids is 5. The number of carbonyl (C=O) groups is 5. The van der Waals surface area contributed by atoms with Crippen LogP contribution in [0, 0.1) is 11.8 Å². The Labute approximate surface area is 317 Å². The fraction of sp³-hybridized carbons (Fsp3) is 0.667. The van der Waals surface area contributed by atoms with Gasteiger partial charge in [-0.25, -0.2) is 18.0 Å². The molecule has 6 aliphatic rings. The van der Waals surface area contributed by atoms with Crippen molar-refractivity contribution >= 4 is 39.9 Å². The van der Waals surface area contributed by atoms with Gasteiger partial charge in [-0.15, -0.1) is 6.58 Å². The Morgan fingerprint density at radius 1 is 1.00 bits per heavy atom. The van der Waals surface area contributed by atoms with Crippen LogP contribution in [-0.2, 0) is 48.7 Å². The summed E-state index contributed by atoms with van der Waals surface area (Å²) in [6, 6.07) is 3.54. The zero-order valence-electron chi connectivity index (χ0n) is 31.4. The van der Waals surface area contributed by atoms with Crippen LogP contribution in [0.25, 0.3) is 0 Å². The molecule has 4 N–H and O–H groups in total. The third kappa shape index (κ3) is 7.97. The molecule has 6 amide bonds. The quantitative estimate of drug-likeness (QED) is 0.304. The van der Waals surface area contributed by atoms with Crippen molar-refractivity contribution in [1.29, 1.82) is 0 Å². The van der Waals surface area contributed by atoms with Crippen LogP contribution in [0.3, 0.4) is 0 Å². The summed E-state index contributed by atoms with van der Waals surface area (Å²) in [7, 11) is -3.90. The summed E-state index contributed by atoms with van der Waals surface area (Å²) in [5.41, 5.74) is 1.23. The lowest BCUT2D eigenvalue weighted by molar-refractivity contribution is -0.142. The first-order chi connectivity index (χ1) is 25.7. The van der Waals surface area contributed by atoms with E-state index < -0.39 is 80.3 Å². The molecule has 4 bridgehead atoms. The van der Waals surface area contributed by atoms with Gasteiger partial charge >= 0.3 is 12.1 Å². The number of amides is 6. The number of benzene rings is 1. The van der Waals surface area contributed by atoms with E-state index in [0.717, 1.165) is 68.9 Å². The second-order valence-corrected chi connectivity index (χ2v) is 18.9. The third-order valence-electron chi connectivity index (χ3n) is 12.3. The predicted octanol–water partition coefficient (Wildman–Crippen LogP) is 3.53. The van der Waals surface area contributed by atoms with Crippen LogP contribution in [0.15, 0.2) is 30.9 Å². The average molecular weight is 767 g/mol. The first-order valence-electron chi connectivity index (χ1n) is 19.6. The molecule has 3 aliphatic carbocycles. The molecule has 14 nitrogen and oxygen atoms in total. The lowest BCUT2D eigenvalue weighted by atomic mass is 9.83. The Morgan fingerprint density at radius 3 is 2.44 bits per heavy atom. The van der Waals surface area contributed by atoms with Gasteiger partial charge in [0, 0.05) is 31.0 Å². The molecule has 0 spiro atoms. The highest BCUT2D eigenvalue weighted by molar-refractivity contribution is 7.91. The number of urea groups is 1. The van der Waals surface area contributed by atoms with E-state index in [1.54, 1.807) is 4.90 Å². The standard InChI is InChI=1S/C39H54N6O8S/c1-4-27-20-39(27,35(48)43-54(51,52)29-16-17-29)41-33(46)31-19-28-22-45(31)34(47)32(25-12-6-5-7-13-25)40-36(49)42-38(2,3)18-9-8-11-24-14-10-15-26-21-44(23-30(24)26)37(50)53-28/h4,10,14-15,25,27-29,31-32H,1,5-9,11-13,16-23H2,2-3H3,(H,41,46)(H,43,48)(H2,40,42,49)/t27-,28-,31+,32+,39-/m1/s1. The molecule has 5 atom stereocenters. The van der Waals surface area contributed by atoms with Gasteiger partial charge in [0.2, 0.25) is 21.8 Å². The molecule has 3 heterocycles. The molecule has 0 radical (unpaired) electrons. The number of rotatable bonds is 7. The lowest BCUT2D eigenvalue weighted by Crippen LogP contribution is -2.61. The normalized spacial score (nSPS) is 30.5. The number of sulfonamides is 1. The van der Waals surface area contributed by atoms with Gasteiger partial charge in [0.1, 0.15) is 23.7 Å². The first kappa shape index (κ1) is 38.1. The molecule has 7 rings (SSSR count). The van der Waals surface area contributed by atoms with Crippen molar-refractivity contribution in [1.82, 2.24) is 30.5 Å². The maximum Gasteiger partial charge on any atom is 0.410 e. The Balaban J connectivity index is 1.18. The third-order valence-corrected chi connectivity index (χ3v) is 14.1. The monoisotopic (exact) mass is 766 g/mol. The van der Waals surface area contributed by atoms with E-state index in [1.165, 1.54) is 16.5 Å². The zero-order valence-corrected chi connectivity index (χ0v) is 32.2. The van der Waals surface area contributed by atoms with Crippen LogP contribution in [0.2, 0.25) is 0 Å². The summed E-state index contributed by atoms with van der Waals surface area (Å²) in [5.74, 6) is -2.66. The highest BCUT2D eigenvalue weighted by atomic mass is 32.2. The molecule has 1 saturated heterocycles. The summed E-state index contributed by atoms with van der Waals surface area (Å²) in [4.78, 5) is 73.0. The lowest BCUT2D eigenvalue weighted by Gasteiger charge is -2.36. The van der Waals surface area contributed by atoms with Crippen LogP contribution in [0.4, 0.5) is 9.59 Å². The first-order valence-corrected chi connectivity index (χ1v) is 21.2. The smallest absolute Gasteiger partial charge is 0.410 e. The topological polar surface area (TPSA) is 183 Å². The highest BCUT2D eigenvalue weighted by Crippen LogP contribution is 2.45. The Morgan fingerprint density at radius 2 is 1.74 bits per heavy atom. The summed E-state index contributed by atoms with van der Waals surface area (Å²) in [6.45, 7) is 8.41. The van der Waals surface area contributed by atoms with E-state index in [2.05, 4.69) is 33.3 Å². The number of aryl methyl sites for hydroxylation is 1. The van der Waals surface area contributed by atoms with Gasteiger partial charge < -0.3 is 25.6 Å². The van der Waals surface area contributed by atoms with Gasteiger partial charge in [-0.1, -0.05) is 50.0 Å². The van der Waals surface area contributed by atoms with Gasteiger partial charge in [-0.2, -0.15) is 0 Å². The Kier molecular flexibility index (Phi) is 10.5. The average Bonchev–Trinajstić information content (AvgIpc) is 4.02. The van der Waals surface area contributed by atoms with Crippen molar-refractivity contribution in [2.24, 2.45) is 11.8 Å². The molecule has 294 valence electrons. The van der Waals surface area contributed by atoms with Crippen molar-refractivity contribution in [3.63, 3.8) is 0 Å². The molecule has 3 saturated carbocycles. The number of fused-ring (bicyclic) bond motifs is 3. The van der Waals surface area contributed by atoms with Crippen LogP contribution >= 0.6 is 0 Å². The fourth-order valence-corrected chi connectivity index (χ4v) is 10.3. The molecule has 15 heteroatoms. The molecular formula is C39H54N6O8S. The van der Waals surface area contributed by atoms with Gasteiger partial charge in [-0.3, -0.25) is 24.0 Å². The van der Waals surface area contributed by atoms with Crippen molar-refractivity contribution < 1.29 is 37.1 Å². The van der Waals surface area contributed by atoms with E-state index in [4.69, 9.17) is 4.74 Å². The van der Waals surface area contributed by atoms with Gasteiger partial charge in [0.05, 0.1) is 11.8 Å². The molecule has 54 heavy (non-hydrogen) atoms. The SMILES string of the molecule is C=C[C@@H]1C[C@]1(NC(=O)[C@@H]1C[C@@H]2CN1C(=O)[C@H](C1CCCCC1)NC(=O)NC(C)(C)CCCCc1cccc3c1CN(C3)C(=O)O2)C(=O)NS(=O)(=O)C1CC1. The Hall–Kier alpha value is -4.14. The molecule has 4 fully saturated rings. The van der Waals surface area contributed by atoms with Crippen LogP contribution < -0.4 is 20.7 Å². The number of nitrogens with one attached hydrogen (secondary N) is 4. The van der Waals surface area contributed by atoms with Crippen LogP contribution in [0.1, 0.15) is 108 Å². The summed E-state index contributed by atoms with van der Waals surface area (Å²) < 4.78 is 33.7. The fourth-order valence-electron chi connectivity index (χ4n) is 8.92. The van der Waals surface area contributed by atoms with Gasteiger partial charge in [-0.05, 0) is 87.8 Å². The van der Waals surface area contributed by atoms with Gasteiger partial charge in [0.25, 0.3) is 5.91 Å². The van der Waals surface area contributed by atoms with E-state index in [-0.39, 0.29) is 25.3 Å². The van der Waals surface area contributed by atoms with Crippen molar-refractivity contribution in [2.75, 3.05) is 6.54 Å². The summed E-state index contributed by atoms with van der Waals surface area (Å²) in [5, 5.41) is 8.25. The maximum absolute atomic E-state index is 14.8. The summed E-state index contributed by atoms with van der Waals surface area (Å²) in [6.07, 6.45) is 8.72. The Bertz CT molecular complexity index is 1810. The molecule has 1 aromatic carbocycles. The van der Waals surface area contributed by atoms with E-state index in [1.807, 2.05) is 26.0 Å². The zero-order chi connectivity index (χ0) is 38.4. The highest BCUT2D eigenvalue weighted by Gasteiger charge is 2.62. The minimum absolute atomic E-state index is 0.0389. The van der Waals surface area contributed by atoms with Gasteiger partial charge in [0.15, 0.2) is 0 Å². The molecule has 0 aromatic heterocycles. The molecular weight excluding hydrogens is 713 g/mol. The second kappa shape index (κ2) is 14.8. The maximum atomic E-state index is 14.8. The number of nitrogens with zero attached hydrogens (tertiary/aromatic N) is 2. The predicted molar refractivity (Wildman–Crippen MR) is 199 cm³/mol. The number of hydrogen-bond acceptors (Lipinski definition) is 8. The van der Waals surface area contributed by atoms with E-state index >= 15 is 0 Å². The minimum atomic E-state index is -3.90. The summed E-state index contributed by atoms with van der Waals surface area (Å²) >= 11 is 0. The number of hydrogen-bond donors (Lipinski definition) is 4. The molecule has 3 aliphatic heterocycles.